The zero-order valence-corrected chi connectivity index (χ0v) is 17.8. The molecule has 2 N–H and O–H groups in total. The average Bonchev–Trinajstić information content (AvgIpc) is 3.02. The van der Waals surface area contributed by atoms with E-state index in [9.17, 15) is 21.6 Å². The van der Waals surface area contributed by atoms with Gasteiger partial charge < -0.3 is 9.72 Å². The second-order valence-corrected chi connectivity index (χ2v) is 9.00. The van der Waals surface area contributed by atoms with Gasteiger partial charge in [0.25, 0.3) is 0 Å². The predicted octanol–water partition coefficient (Wildman–Crippen LogP) is 4.55. The number of halogens is 3. The van der Waals surface area contributed by atoms with Crippen LogP contribution >= 0.6 is 0 Å². The summed E-state index contributed by atoms with van der Waals surface area (Å²) in [5, 5.41) is 0.547. The van der Waals surface area contributed by atoms with Crippen LogP contribution in [0.4, 0.5) is 13.2 Å². The second-order valence-electron chi connectivity index (χ2n) is 7.34. The highest BCUT2D eigenvalue weighted by Crippen LogP contribution is 2.32. The quantitative estimate of drug-likeness (QED) is 0.591. The third-order valence-corrected chi connectivity index (χ3v) is 6.75. The summed E-state index contributed by atoms with van der Waals surface area (Å²) < 4.78 is 74.3. The average molecular weight is 440 g/mol. The second kappa shape index (κ2) is 7.96. The largest absolute Gasteiger partial charge is 0.495 e. The first-order chi connectivity index (χ1) is 13.9. The van der Waals surface area contributed by atoms with Gasteiger partial charge in [0.1, 0.15) is 11.8 Å². The number of para-hydroxylation sites is 1. The van der Waals surface area contributed by atoms with Gasteiger partial charge in [-0.2, -0.15) is 17.9 Å². The molecule has 0 radical (unpaired) electrons. The van der Waals surface area contributed by atoms with Gasteiger partial charge in [-0.3, -0.25) is 0 Å². The summed E-state index contributed by atoms with van der Waals surface area (Å²) in [5.74, 6) is 0.494. The van der Waals surface area contributed by atoms with Gasteiger partial charge in [0.05, 0.1) is 17.5 Å². The summed E-state index contributed by atoms with van der Waals surface area (Å²) in [5.41, 5.74) is 2.54. The molecule has 0 amide bonds. The number of ether oxygens (including phenoxy) is 1. The number of hydrogen-bond donors (Lipinski definition) is 2. The first kappa shape index (κ1) is 22.2. The number of H-pyrrole nitrogens is 1. The number of rotatable bonds is 6. The Morgan fingerprint density at radius 2 is 1.77 bits per heavy atom. The normalized spacial score (nSPS) is 13.6. The lowest BCUT2D eigenvalue weighted by Gasteiger charge is -2.23. The summed E-state index contributed by atoms with van der Waals surface area (Å²) in [6, 6.07) is 6.01. The van der Waals surface area contributed by atoms with Gasteiger partial charge in [-0.15, -0.1) is 0 Å². The van der Waals surface area contributed by atoms with Gasteiger partial charge in [-0.05, 0) is 49.9 Å². The van der Waals surface area contributed by atoms with Crippen molar-refractivity contribution in [3.8, 4) is 5.75 Å². The van der Waals surface area contributed by atoms with Crippen LogP contribution in [0.25, 0.3) is 10.9 Å². The molecule has 0 bridgehead atoms. The molecule has 0 aliphatic heterocycles. The lowest BCUT2D eigenvalue weighted by molar-refractivity contribution is -0.150. The highest BCUT2D eigenvalue weighted by Gasteiger charge is 2.43. The number of aromatic nitrogens is 1. The van der Waals surface area contributed by atoms with E-state index in [2.05, 4.69) is 4.98 Å². The Balaban J connectivity index is 1.99. The number of nitrogens with one attached hydrogen (secondary N) is 2. The molecule has 0 aliphatic carbocycles. The molecule has 1 aromatic heterocycles. The maximum Gasteiger partial charge on any atom is 0.405 e. The maximum atomic E-state index is 13.8. The van der Waals surface area contributed by atoms with E-state index in [-0.39, 0.29) is 4.90 Å². The van der Waals surface area contributed by atoms with E-state index in [0.29, 0.717) is 33.3 Å². The van der Waals surface area contributed by atoms with Crippen LogP contribution in [0.5, 0.6) is 5.75 Å². The van der Waals surface area contributed by atoms with Crippen LogP contribution in [0.2, 0.25) is 0 Å². The minimum atomic E-state index is -4.78. The number of alkyl halides is 3. The molecule has 0 saturated carbocycles. The van der Waals surface area contributed by atoms with Crippen molar-refractivity contribution in [3.63, 3.8) is 0 Å². The monoisotopic (exact) mass is 440 g/mol. The van der Waals surface area contributed by atoms with E-state index < -0.39 is 28.7 Å². The molecule has 5 nitrogen and oxygen atoms in total. The number of fused-ring (bicyclic) bond motifs is 1. The lowest BCUT2D eigenvalue weighted by atomic mass is 10.1. The van der Waals surface area contributed by atoms with Crippen molar-refractivity contribution < 1.29 is 26.3 Å². The number of benzene rings is 2. The van der Waals surface area contributed by atoms with Crippen molar-refractivity contribution in [2.75, 3.05) is 7.11 Å². The molecule has 0 spiro atoms. The Labute approximate surface area is 173 Å². The third-order valence-electron chi connectivity index (χ3n) is 4.97. The summed E-state index contributed by atoms with van der Waals surface area (Å²) in [7, 11) is -2.93. The van der Waals surface area contributed by atoms with Gasteiger partial charge in [0, 0.05) is 11.6 Å². The fraction of sp³-hybridized carbons (Fsp3) is 0.333. The van der Waals surface area contributed by atoms with E-state index in [1.165, 1.54) is 13.3 Å². The van der Waals surface area contributed by atoms with Crippen molar-refractivity contribution in [2.24, 2.45) is 0 Å². The van der Waals surface area contributed by atoms with E-state index in [0.717, 1.165) is 5.56 Å². The highest BCUT2D eigenvalue weighted by atomic mass is 32.2. The smallest absolute Gasteiger partial charge is 0.405 e. The van der Waals surface area contributed by atoms with Crippen molar-refractivity contribution in [1.29, 1.82) is 0 Å². The van der Waals surface area contributed by atoms with Crippen molar-refractivity contribution in [3.05, 3.63) is 58.8 Å². The first-order valence-corrected chi connectivity index (χ1v) is 10.7. The Morgan fingerprint density at radius 1 is 1.13 bits per heavy atom. The summed E-state index contributed by atoms with van der Waals surface area (Å²) in [6.45, 7) is 4.94. The van der Waals surface area contributed by atoms with Crippen molar-refractivity contribution in [2.45, 2.75) is 44.3 Å². The van der Waals surface area contributed by atoms with Crippen LogP contribution in [0.1, 0.15) is 22.3 Å². The maximum absolute atomic E-state index is 13.8. The number of methoxy groups -OCH3 is 1. The molecule has 9 heteroatoms. The standard InChI is InChI=1S/C21H23F3N2O3S/c1-12-8-13(2)20(14(3)9-12)30(27,28)26-18(21(22,23)24)10-15-11-25-19-16(15)6-5-7-17(19)29-4/h5-9,11,18,25-26H,10H2,1-4H3. The molecule has 30 heavy (non-hydrogen) atoms. The van der Waals surface area contributed by atoms with Gasteiger partial charge in [-0.1, -0.05) is 29.8 Å². The molecule has 162 valence electrons. The van der Waals surface area contributed by atoms with Crippen LogP contribution in [0.15, 0.2) is 41.4 Å². The summed E-state index contributed by atoms with van der Waals surface area (Å²) in [6.07, 6.45) is -3.88. The highest BCUT2D eigenvalue weighted by molar-refractivity contribution is 7.89. The lowest BCUT2D eigenvalue weighted by Crippen LogP contribution is -2.47. The number of hydrogen-bond acceptors (Lipinski definition) is 3. The van der Waals surface area contributed by atoms with Crippen LogP contribution in [0.3, 0.4) is 0 Å². The van der Waals surface area contributed by atoms with Crippen LogP contribution in [0, 0.1) is 20.8 Å². The topological polar surface area (TPSA) is 71.2 Å². The third kappa shape index (κ3) is 4.32. The van der Waals surface area contributed by atoms with E-state index >= 15 is 0 Å². The van der Waals surface area contributed by atoms with Crippen LogP contribution in [-0.2, 0) is 16.4 Å². The SMILES string of the molecule is COc1cccc2c(CC(NS(=O)(=O)c3c(C)cc(C)cc3C)C(F)(F)F)c[nH]c12. The molecule has 3 aromatic rings. The van der Waals surface area contributed by atoms with Crippen molar-refractivity contribution >= 4 is 20.9 Å². The van der Waals surface area contributed by atoms with Gasteiger partial charge >= 0.3 is 6.18 Å². The molecule has 1 unspecified atom stereocenters. The van der Waals surface area contributed by atoms with Gasteiger partial charge in [0.2, 0.25) is 10.0 Å². The zero-order chi connectivity index (χ0) is 22.3. The number of aromatic amines is 1. The summed E-state index contributed by atoms with van der Waals surface area (Å²) in [4.78, 5) is 2.79. The molecular weight excluding hydrogens is 417 g/mol. The first-order valence-electron chi connectivity index (χ1n) is 9.24. The molecule has 0 saturated heterocycles. The molecular formula is C21H23F3N2O3S. The van der Waals surface area contributed by atoms with Gasteiger partial charge in [-0.25, -0.2) is 8.42 Å². The van der Waals surface area contributed by atoms with Crippen molar-refractivity contribution in [1.82, 2.24) is 9.71 Å². The molecule has 3 rings (SSSR count). The molecule has 2 aromatic carbocycles. The molecule has 1 heterocycles. The number of aryl methyl sites for hydroxylation is 3. The van der Waals surface area contributed by atoms with Crippen LogP contribution < -0.4 is 9.46 Å². The van der Waals surface area contributed by atoms with E-state index in [1.807, 2.05) is 4.72 Å². The molecule has 1 atom stereocenters. The summed E-state index contributed by atoms with van der Waals surface area (Å²) >= 11 is 0. The Bertz CT molecular complexity index is 1160. The molecule has 0 aliphatic rings. The van der Waals surface area contributed by atoms with E-state index in [1.54, 1.807) is 51.1 Å². The Morgan fingerprint density at radius 3 is 2.33 bits per heavy atom. The number of sulfonamides is 1. The van der Waals surface area contributed by atoms with Gasteiger partial charge in [0.15, 0.2) is 0 Å². The fourth-order valence-electron chi connectivity index (χ4n) is 3.80. The Hall–Kier alpha value is -2.52. The predicted molar refractivity (Wildman–Crippen MR) is 109 cm³/mol. The minimum absolute atomic E-state index is 0.122. The minimum Gasteiger partial charge on any atom is -0.495 e. The fourth-order valence-corrected chi connectivity index (χ4v) is 5.48. The molecule has 0 fully saturated rings. The Kier molecular flexibility index (Phi) is 5.88. The van der Waals surface area contributed by atoms with Crippen LogP contribution in [-0.4, -0.2) is 32.7 Å². The van der Waals surface area contributed by atoms with E-state index in [4.69, 9.17) is 4.74 Å². The zero-order valence-electron chi connectivity index (χ0n) is 17.0.